The normalized spacial score (nSPS) is 13.9. The largest absolute Gasteiger partial charge is 0.497 e. The molecule has 1 heterocycles. The van der Waals surface area contributed by atoms with Crippen molar-refractivity contribution in [3.63, 3.8) is 0 Å². The quantitative estimate of drug-likeness (QED) is 0.790. The van der Waals surface area contributed by atoms with Gasteiger partial charge in [0.05, 0.1) is 12.9 Å². The number of rotatable bonds is 7. The van der Waals surface area contributed by atoms with Gasteiger partial charge in [-0.1, -0.05) is 23.9 Å². The van der Waals surface area contributed by atoms with Gasteiger partial charge in [0.25, 0.3) is 5.22 Å². The highest BCUT2D eigenvalue weighted by molar-refractivity contribution is 7.99. The monoisotopic (exact) mass is 319 g/mol. The van der Waals surface area contributed by atoms with Crippen LogP contribution in [0.15, 0.2) is 33.9 Å². The summed E-state index contributed by atoms with van der Waals surface area (Å²) in [4.78, 5) is 11.8. The fourth-order valence-corrected chi connectivity index (χ4v) is 2.50. The van der Waals surface area contributed by atoms with Crippen LogP contribution in [-0.2, 0) is 11.3 Å². The van der Waals surface area contributed by atoms with E-state index in [1.165, 1.54) is 11.8 Å². The standard InChI is InChI=1S/C15H17N3O3S/c1-20-12-6-2-10(3-7-12)8-16-13(19)9-22-15-18-17-14(21-15)11-4-5-11/h2-3,6-7,11H,4-5,8-9H2,1H3,(H,16,19). The van der Waals surface area contributed by atoms with E-state index in [0.717, 1.165) is 24.2 Å². The first-order valence-corrected chi connectivity index (χ1v) is 8.09. The summed E-state index contributed by atoms with van der Waals surface area (Å²) < 4.78 is 10.6. The van der Waals surface area contributed by atoms with Crippen LogP contribution in [0.2, 0.25) is 0 Å². The number of hydrogen-bond acceptors (Lipinski definition) is 6. The van der Waals surface area contributed by atoms with E-state index in [4.69, 9.17) is 9.15 Å². The van der Waals surface area contributed by atoms with E-state index >= 15 is 0 Å². The van der Waals surface area contributed by atoms with Gasteiger partial charge in [0, 0.05) is 12.5 Å². The number of nitrogens with zero attached hydrogens (tertiary/aromatic N) is 2. The van der Waals surface area contributed by atoms with Crippen molar-refractivity contribution in [2.45, 2.75) is 30.5 Å². The highest BCUT2D eigenvalue weighted by Crippen LogP contribution is 2.39. The van der Waals surface area contributed by atoms with Gasteiger partial charge in [0.15, 0.2) is 0 Å². The number of carbonyl (C=O) groups is 1. The van der Waals surface area contributed by atoms with Gasteiger partial charge < -0.3 is 14.5 Å². The number of thioether (sulfide) groups is 1. The maximum atomic E-state index is 11.8. The third kappa shape index (κ3) is 4.00. The third-order valence-corrected chi connectivity index (χ3v) is 4.14. The Bertz CT molecular complexity index is 638. The van der Waals surface area contributed by atoms with E-state index < -0.39 is 0 Å². The topological polar surface area (TPSA) is 77.2 Å². The molecule has 1 aliphatic rings. The van der Waals surface area contributed by atoms with Crippen LogP contribution in [0.5, 0.6) is 5.75 Å². The molecule has 7 heteroatoms. The molecule has 3 rings (SSSR count). The number of ether oxygens (including phenoxy) is 1. The number of carbonyl (C=O) groups excluding carboxylic acids is 1. The molecule has 2 aromatic rings. The van der Waals surface area contributed by atoms with Crippen molar-refractivity contribution in [1.82, 2.24) is 15.5 Å². The minimum absolute atomic E-state index is 0.0630. The molecule has 1 N–H and O–H groups in total. The van der Waals surface area contributed by atoms with Crippen LogP contribution < -0.4 is 10.1 Å². The molecule has 0 spiro atoms. The number of nitrogens with one attached hydrogen (secondary N) is 1. The smallest absolute Gasteiger partial charge is 0.277 e. The van der Waals surface area contributed by atoms with Crippen LogP contribution >= 0.6 is 11.8 Å². The van der Waals surface area contributed by atoms with Crippen LogP contribution in [0.3, 0.4) is 0 Å². The molecule has 0 saturated heterocycles. The Balaban J connectivity index is 1.41. The molecule has 1 aromatic heterocycles. The van der Waals surface area contributed by atoms with Crippen molar-refractivity contribution < 1.29 is 13.9 Å². The van der Waals surface area contributed by atoms with E-state index in [2.05, 4.69) is 15.5 Å². The Kier molecular flexibility index (Phi) is 4.62. The Hall–Kier alpha value is -2.02. The molecule has 1 aliphatic carbocycles. The predicted molar refractivity (Wildman–Crippen MR) is 81.8 cm³/mol. The average molecular weight is 319 g/mol. The van der Waals surface area contributed by atoms with Gasteiger partial charge in [-0.15, -0.1) is 10.2 Å². The zero-order chi connectivity index (χ0) is 15.4. The number of hydrogen-bond donors (Lipinski definition) is 1. The second-order valence-corrected chi connectivity index (χ2v) is 6.02. The maximum absolute atomic E-state index is 11.8. The highest BCUT2D eigenvalue weighted by Gasteiger charge is 2.29. The molecule has 6 nitrogen and oxygen atoms in total. The van der Waals surface area contributed by atoms with Gasteiger partial charge in [-0.05, 0) is 30.5 Å². The lowest BCUT2D eigenvalue weighted by atomic mass is 10.2. The Morgan fingerprint density at radius 3 is 2.82 bits per heavy atom. The second-order valence-electron chi connectivity index (χ2n) is 5.09. The predicted octanol–water partition coefficient (Wildman–Crippen LogP) is 2.36. The molecular weight excluding hydrogens is 302 g/mol. The molecule has 1 fully saturated rings. The summed E-state index contributed by atoms with van der Waals surface area (Å²) in [6, 6.07) is 7.58. The average Bonchev–Trinajstić information content (AvgIpc) is 3.30. The van der Waals surface area contributed by atoms with E-state index in [0.29, 0.717) is 23.6 Å². The van der Waals surface area contributed by atoms with Crippen LogP contribution in [-0.4, -0.2) is 29.0 Å². The zero-order valence-electron chi connectivity index (χ0n) is 12.2. The van der Waals surface area contributed by atoms with Crippen LogP contribution in [0.25, 0.3) is 0 Å². The van der Waals surface area contributed by atoms with Gasteiger partial charge in [0.2, 0.25) is 11.8 Å². The summed E-state index contributed by atoms with van der Waals surface area (Å²) in [5, 5.41) is 11.2. The molecule has 116 valence electrons. The van der Waals surface area contributed by atoms with Crippen molar-refractivity contribution >= 4 is 17.7 Å². The second kappa shape index (κ2) is 6.83. The van der Waals surface area contributed by atoms with Crippen molar-refractivity contribution in [3.05, 3.63) is 35.7 Å². The van der Waals surface area contributed by atoms with E-state index in [-0.39, 0.29) is 11.7 Å². The first-order chi connectivity index (χ1) is 10.7. The van der Waals surface area contributed by atoms with Gasteiger partial charge in [-0.25, -0.2) is 0 Å². The lowest BCUT2D eigenvalue weighted by Gasteiger charge is -2.05. The summed E-state index contributed by atoms with van der Waals surface area (Å²) in [5.74, 6) is 2.13. The molecule has 0 radical (unpaired) electrons. The summed E-state index contributed by atoms with van der Waals surface area (Å²) >= 11 is 1.26. The summed E-state index contributed by atoms with van der Waals surface area (Å²) in [6.07, 6.45) is 2.24. The molecule has 0 aliphatic heterocycles. The Labute approximate surface area is 132 Å². The summed E-state index contributed by atoms with van der Waals surface area (Å²) in [5.41, 5.74) is 1.02. The van der Waals surface area contributed by atoms with Gasteiger partial charge in [-0.3, -0.25) is 4.79 Å². The Morgan fingerprint density at radius 2 is 2.14 bits per heavy atom. The summed E-state index contributed by atoms with van der Waals surface area (Å²) in [6.45, 7) is 0.487. The highest BCUT2D eigenvalue weighted by atomic mass is 32.2. The van der Waals surface area contributed by atoms with Crippen LogP contribution in [0.4, 0.5) is 0 Å². The van der Waals surface area contributed by atoms with E-state index in [1.807, 2.05) is 24.3 Å². The SMILES string of the molecule is COc1ccc(CNC(=O)CSc2nnc(C3CC3)o2)cc1. The van der Waals surface area contributed by atoms with Crippen molar-refractivity contribution in [2.24, 2.45) is 0 Å². The number of aromatic nitrogens is 2. The first-order valence-electron chi connectivity index (χ1n) is 7.10. The van der Waals surface area contributed by atoms with Crippen molar-refractivity contribution in [1.29, 1.82) is 0 Å². The minimum atomic E-state index is -0.0630. The molecule has 0 atom stereocenters. The first kappa shape index (κ1) is 14.9. The molecule has 0 bridgehead atoms. The third-order valence-electron chi connectivity index (χ3n) is 3.32. The fraction of sp³-hybridized carbons (Fsp3) is 0.400. The molecule has 1 aromatic carbocycles. The molecular formula is C15H17N3O3S. The van der Waals surface area contributed by atoms with Crippen molar-refractivity contribution in [3.8, 4) is 5.75 Å². The van der Waals surface area contributed by atoms with Crippen molar-refractivity contribution in [2.75, 3.05) is 12.9 Å². The van der Waals surface area contributed by atoms with E-state index in [1.54, 1.807) is 7.11 Å². The lowest BCUT2D eigenvalue weighted by Crippen LogP contribution is -2.24. The van der Waals surface area contributed by atoms with Gasteiger partial charge in [0.1, 0.15) is 5.75 Å². The lowest BCUT2D eigenvalue weighted by molar-refractivity contribution is -0.118. The van der Waals surface area contributed by atoms with Crippen LogP contribution in [0.1, 0.15) is 30.2 Å². The van der Waals surface area contributed by atoms with Gasteiger partial charge in [-0.2, -0.15) is 0 Å². The Morgan fingerprint density at radius 1 is 1.36 bits per heavy atom. The summed E-state index contributed by atoms with van der Waals surface area (Å²) in [7, 11) is 1.63. The van der Waals surface area contributed by atoms with E-state index in [9.17, 15) is 4.79 Å². The number of amides is 1. The molecule has 0 unspecified atom stereocenters. The number of benzene rings is 1. The molecule has 22 heavy (non-hydrogen) atoms. The zero-order valence-corrected chi connectivity index (χ0v) is 13.1. The minimum Gasteiger partial charge on any atom is -0.497 e. The molecule has 1 saturated carbocycles. The molecule has 1 amide bonds. The van der Waals surface area contributed by atoms with Crippen LogP contribution in [0, 0.1) is 0 Å². The number of methoxy groups -OCH3 is 1. The maximum Gasteiger partial charge on any atom is 0.277 e. The fourth-order valence-electron chi connectivity index (χ4n) is 1.90. The van der Waals surface area contributed by atoms with Gasteiger partial charge >= 0.3 is 0 Å².